The molecule has 0 fully saturated rings. The first-order chi connectivity index (χ1) is 8.08. The summed E-state index contributed by atoms with van der Waals surface area (Å²) in [7, 11) is 1.18. The molecule has 0 unspecified atom stereocenters. The van der Waals surface area contributed by atoms with Crippen LogP contribution in [0.15, 0.2) is 18.2 Å². The van der Waals surface area contributed by atoms with Crippen LogP contribution in [0.25, 0.3) is 0 Å². The lowest BCUT2D eigenvalue weighted by atomic mass is 10.1. The number of hydrogen-bond acceptors (Lipinski definition) is 5. The number of methoxy groups -OCH3 is 1. The minimum atomic E-state index is -0.680. The molecule has 88 valence electrons. The van der Waals surface area contributed by atoms with Gasteiger partial charge in [0.25, 0.3) is 5.69 Å². The SMILES string of the molecule is COC(=O)c1cc(C#CCO)cc([N+](=O)[O-])c1. The number of aliphatic hydroxyl groups excluding tert-OH is 1. The Morgan fingerprint density at radius 1 is 1.53 bits per heavy atom. The van der Waals surface area contributed by atoms with Crippen LogP contribution in [0.5, 0.6) is 0 Å². The highest BCUT2D eigenvalue weighted by Crippen LogP contribution is 2.17. The first-order valence-electron chi connectivity index (χ1n) is 4.56. The highest BCUT2D eigenvalue weighted by molar-refractivity contribution is 5.90. The van der Waals surface area contributed by atoms with Crippen LogP contribution in [0.1, 0.15) is 15.9 Å². The fourth-order valence-corrected chi connectivity index (χ4v) is 1.17. The van der Waals surface area contributed by atoms with E-state index < -0.39 is 10.9 Å². The smallest absolute Gasteiger partial charge is 0.338 e. The number of benzene rings is 1. The lowest BCUT2D eigenvalue weighted by Crippen LogP contribution is -2.03. The molecule has 0 heterocycles. The molecule has 1 N–H and O–H groups in total. The maximum Gasteiger partial charge on any atom is 0.338 e. The lowest BCUT2D eigenvalue weighted by molar-refractivity contribution is -0.384. The molecule has 0 atom stereocenters. The van der Waals surface area contributed by atoms with Crippen LogP contribution in [0.3, 0.4) is 0 Å². The van der Waals surface area contributed by atoms with Crippen molar-refractivity contribution in [1.82, 2.24) is 0 Å². The molecule has 0 aromatic heterocycles. The second-order valence-electron chi connectivity index (χ2n) is 2.98. The Morgan fingerprint density at radius 2 is 2.24 bits per heavy atom. The minimum absolute atomic E-state index is 0.0453. The van der Waals surface area contributed by atoms with Gasteiger partial charge in [0.15, 0.2) is 0 Å². The Hall–Kier alpha value is -2.39. The summed E-state index contributed by atoms with van der Waals surface area (Å²) in [6, 6.07) is 3.69. The predicted molar refractivity (Wildman–Crippen MR) is 58.4 cm³/mol. The van der Waals surface area contributed by atoms with E-state index in [4.69, 9.17) is 5.11 Å². The van der Waals surface area contributed by atoms with Crippen LogP contribution < -0.4 is 0 Å². The summed E-state index contributed by atoms with van der Waals surface area (Å²) in [5, 5.41) is 19.2. The average Bonchev–Trinajstić information content (AvgIpc) is 2.34. The number of ether oxygens (including phenoxy) is 1. The van der Waals surface area contributed by atoms with Gasteiger partial charge in [-0.25, -0.2) is 4.79 Å². The third-order valence-corrected chi connectivity index (χ3v) is 1.86. The summed E-state index contributed by atoms with van der Waals surface area (Å²) in [6.07, 6.45) is 0. The van der Waals surface area contributed by atoms with E-state index in [1.165, 1.54) is 19.2 Å². The normalized spacial score (nSPS) is 9.06. The Bertz CT molecular complexity index is 512. The first-order valence-corrected chi connectivity index (χ1v) is 4.56. The average molecular weight is 235 g/mol. The zero-order chi connectivity index (χ0) is 12.8. The monoisotopic (exact) mass is 235 g/mol. The van der Waals surface area contributed by atoms with E-state index in [9.17, 15) is 14.9 Å². The largest absolute Gasteiger partial charge is 0.465 e. The van der Waals surface area contributed by atoms with E-state index in [0.29, 0.717) is 0 Å². The lowest BCUT2D eigenvalue weighted by Gasteiger charge is -2.00. The molecule has 0 amide bonds. The quantitative estimate of drug-likeness (QED) is 0.353. The van der Waals surface area contributed by atoms with Gasteiger partial charge in [-0.15, -0.1) is 0 Å². The molecule has 0 saturated heterocycles. The van der Waals surface area contributed by atoms with Crippen LogP contribution in [0.2, 0.25) is 0 Å². The number of hydrogen-bond donors (Lipinski definition) is 1. The topological polar surface area (TPSA) is 89.7 Å². The van der Waals surface area contributed by atoms with E-state index in [2.05, 4.69) is 16.6 Å². The summed E-state index contributed by atoms with van der Waals surface area (Å²) in [6.45, 7) is -0.365. The molecule has 0 aliphatic carbocycles. The van der Waals surface area contributed by atoms with Crippen LogP contribution in [0.4, 0.5) is 5.69 Å². The van der Waals surface area contributed by atoms with Crippen molar-refractivity contribution in [3.63, 3.8) is 0 Å². The molecule has 0 radical (unpaired) electrons. The summed E-state index contributed by atoms with van der Waals surface area (Å²) >= 11 is 0. The number of nitro groups is 1. The third kappa shape index (κ3) is 3.29. The van der Waals surface area contributed by atoms with Crippen LogP contribution in [0, 0.1) is 22.0 Å². The van der Waals surface area contributed by atoms with Crippen molar-refractivity contribution in [2.24, 2.45) is 0 Å². The number of carbonyl (C=O) groups is 1. The van der Waals surface area contributed by atoms with Gasteiger partial charge in [0, 0.05) is 17.7 Å². The van der Waals surface area contributed by atoms with Crippen molar-refractivity contribution >= 4 is 11.7 Å². The van der Waals surface area contributed by atoms with Crippen LogP contribution in [-0.2, 0) is 4.74 Å². The van der Waals surface area contributed by atoms with Gasteiger partial charge in [-0.1, -0.05) is 11.8 Å². The number of esters is 1. The minimum Gasteiger partial charge on any atom is -0.465 e. The first kappa shape index (κ1) is 12.7. The number of rotatable bonds is 2. The molecule has 1 rings (SSSR count). The predicted octanol–water partition coefficient (Wildman–Crippen LogP) is 0.725. The van der Waals surface area contributed by atoms with Crippen molar-refractivity contribution in [2.75, 3.05) is 13.7 Å². The Balaban J connectivity index is 3.28. The zero-order valence-electron chi connectivity index (χ0n) is 8.97. The standard InChI is InChI=1S/C11H9NO5/c1-17-11(14)9-5-8(3-2-4-13)6-10(7-9)12(15)16/h5-7,13H,4H2,1H3. The highest BCUT2D eigenvalue weighted by atomic mass is 16.6. The Morgan fingerprint density at radius 3 is 2.76 bits per heavy atom. The van der Waals surface area contributed by atoms with E-state index >= 15 is 0 Å². The van der Waals surface area contributed by atoms with Gasteiger partial charge >= 0.3 is 5.97 Å². The molecule has 6 nitrogen and oxygen atoms in total. The summed E-state index contributed by atoms with van der Waals surface area (Å²) in [5.41, 5.74) is 0.0627. The second-order valence-corrected chi connectivity index (χ2v) is 2.98. The summed E-state index contributed by atoms with van der Waals surface area (Å²) < 4.78 is 4.47. The van der Waals surface area contributed by atoms with Gasteiger partial charge in [-0.05, 0) is 6.07 Å². The van der Waals surface area contributed by atoms with Crippen LogP contribution in [-0.4, -0.2) is 29.7 Å². The molecule has 0 aliphatic rings. The van der Waals surface area contributed by atoms with Gasteiger partial charge in [0.1, 0.15) is 6.61 Å². The molecule has 6 heteroatoms. The molecule has 1 aromatic rings. The summed E-state index contributed by atoms with van der Waals surface area (Å²) in [5.74, 6) is 4.16. The van der Waals surface area contributed by atoms with Crippen molar-refractivity contribution in [1.29, 1.82) is 0 Å². The molecule has 0 saturated carbocycles. The number of aliphatic hydroxyl groups is 1. The van der Waals surface area contributed by atoms with E-state index in [1.807, 2.05) is 0 Å². The number of nitro benzene ring substituents is 1. The van der Waals surface area contributed by atoms with Crippen molar-refractivity contribution < 1.29 is 19.6 Å². The summed E-state index contributed by atoms with van der Waals surface area (Å²) in [4.78, 5) is 21.3. The van der Waals surface area contributed by atoms with Crippen molar-refractivity contribution in [3.05, 3.63) is 39.4 Å². The Kier molecular flexibility index (Phi) is 4.20. The second kappa shape index (κ2) is 5.63. The third-order valence-electron chi connectivity index (χ3n) is 1.86. The molecule has 1 aromatic carbocycles. The van der Waals surface area contributed by atoms with E-state index in [-0.39, 0.29) is 23.4 Å². The number of carbonyl (C=O) groups excluding carboxylic acids is 1. The van der Waals surface area contributed by atoms with Crippen molar-refractivity contribution in [2.45, 2.75) is 0 Å². The fourth-order valence-electron chi connectivity index (χ4n) is 1.17. The fraction of sp³-hybridized carbons (Fsp3) is 0.182. The maximum atomic E-state index is 11.3. The molecule has 0 aliphatic heterocycles. The van der Waals surface area contributed by atoms with E-state index in [0.717, 1.165) is 6.07 Å². The molecule has 0 spiro atoms. The highest BCUT2D eigenvalue weighted by Gasteiger charge is 2.13. The van der Waals surface area contributed by atoms with Crippen LogP contribution >= 0.6 is 0 Å². The number of non-ortho nitro benzene ring substituents is 1. The van der Waals surface area contributed by atoms with Gasteiger partial charge < -0.3 is 9.84 Å². The van der Waals surface area contributed by atoms with Crippen molar-refractivity contribution in [3.8, 4) is 11.8 Å². The molecular weight excluding hydrogens is 226 g/mol. The zero-order valence-corrected chi connectivity index (χ0v) is 8.97. The van der Waals surface area contributed by atoms with Gasteiger partial charge in [-0.2, -0.15) is 0 Å². The van der Waals surface area contributed by atoms with E-state index in [1.54, 1.807) is 0 Å². The molecular formula is C11H9NO5. The maximum absolute atomic E-state index is 11.3. The van der Waals surface area contributed by atoms with Gasteiger partial charge in [-0.3, -0.25) is 10.1 Å². The molecule has 0 bridgehead atoms. The Labute approximate surface area is 97.0 Å². The molecule has 17 heavy (non-hydrogen) atoms. The van der Waals surface area contributed by atoms with Gasteiger partial charge in [0.2, 0.25) is 0 Å². The number of nitrogens with zero attached hydrogens (tertiary/aromatic N) is 1. The van der Waals surface area contributed by atoms with Gasteiger partial charge in [0.05, 0.1) is 17.6 Å².